The van der Waals surface area contributed by atoms with Gasteiger partial charge in [0.1, 0.15) is 0 Å². The van der Waals surface area contributed by atoms with Gasteiger partial charge in [-0.25, -0.2) is 0 Å². The average Bonchev–Trinajstić information content (AvgIpc) is 2.66. The average molecular weight is 376 g/mol. The summed E-state index contributed by atoms with van der Waals surface area (Å²) in [7, 11) is 1.62. The van der Waals surface area contributed by atoms with Gasteiger partial charge in [0.15, 0.2) is 11.5 Å². The highest BCUT2D eigenvalue weighted by Gasteiger charge is 2.08. The van der Waals surface area contributed by atoms with Crippen LogP contribution < -0.4 is 14.8 Å². The highest BCUT2D eigenvalue weighted by atomic mass is 35.5. The SMILES string of the molecule is CCCCOc1ccc(CNC(=O)CCc2ccccc2Cl)cc1OC. The lowest BCUT2D eigenvalue weighted by atomic mass is 10.1. The molecule has 2 aromatic rings. The molecule has 0 saturated heterocycles. The maximum absolute atomic E-state index is 12.1. The van der Waals surface area contributed by atoms with Crippen LogP contribution in [0.1, 0.15) is 37.3 Å². The van der Waals surface area contributed by atoms with Crippen molar-refractivity contribution in [3.63, 3.8) is 0 Å². The van der Waals surface area contributed by atoms with Gasteiger partial charge in [0.2, 0.25) is 5.91 Å². The molecule has 0 fully saturated rings. The quantitative estimate of drug-likeness (QED) is 0.608. The fourth-order valence-corrected chi connectivity index (χ4v) is 2.74. The van der Waals surface area contributed by atoms with Crippen LogP contribution in [0, 0.1) is 0 Å². The minimum atomic E-state index is -0.00726. The Morgan fingerprint density at radius 3 is 2.69 bits per heavy atom. The third kappa shape index (κ3) is 6.26. The zero-order valence-electron chi connectivity index (χ0n) is 15.4. The molecule has 1 amide bonds. The first-order valence-electron chi connectivity index (χ1n) is 8.93. The van der Waals surface area contributed by atoms with Gasteiger partial charge in [0.25, 0.3) is 0 Å². The van der Waals surface area contributed by atoms with E-state index in [4.69, 9.17) is 21.1 Å². The second-order valence-corrected chi connectivity index (χ2v) is 6.46. The summed E-state index contributed by atoms with van der Waals surface area (Å²) < 4.78 is 11.1. The topological polar surface area (TPSA) is 47.6 Å². The summed E-state index contributed by atoms with van der Waals surface area (Å²) in [6.07, 6.45) is 3.12. The monoisotopic (exact) mass is 375 g/mol. The number of benzene rings is 2. The van der Waals surface area contributed by atoms with E-state index in [0.29, 0.717) is 36.8 Å². The molecule has 0 aromatic heterocycles. The number of aryl methyl sites for hydroxylation is 1. The molecular weight excluding hydrogens is 350 g/mol. The van der Waals surface area contributed by atoms with Gasteiger partial charge in [-0.15, -0.1) is 0 Å². The highest BCUT2D eigenvalue weighted by Crippen LogP contribution is 2.28. The summed E-state index contributed by atoms with van der Waals surface area (Å²) in [5.41, 5.74) is 1.95. The van der Waals surface area contributed by atoms with Crippen LogP contribution in [0.5, 0.6) is 11.5 Å². The Kier molecular flexibility index (Phi) is 8.29. The lowest BCUT2D eigenvalue weighted by Crippen LogP contribution is -2.23. The first-order valence-corrected chi connectivity index (χ1v) is 9.31. The van der Waals surface area contributed by atoms with Crippen molar-refractivity contribution in [1.82, 2.24) is 5.32 Å². The van der Waals surface area contributed by atoms with E-state index < -0.39 is 0 Å². The van der Waals surface area contributed by atoms with Crippen molar-refractivity contribution in [3.8, 4) is 11.5 Å². The molecule has 0 atom stereocenters. The van der Waals surface area contributed by atoms with Crippen LogP contribution in [0.25, 0.3) is 0 Å². The second-order valence-electron chi connectivity index (χ2n) is 6.06. The number of carbonyl (C=O) groups excluding carboxylic acids is 1. The molecule has 2 aromatic carbocycles. The summed E-state index contributed by atoms with van der Waals surface area (Å²) in [6, 6.07) is 13.3. The van der Waals surface area contributed by atoms with Crippen molar-refractivity contribution in [2.75, 3.05) is 13.7 Å². The third-order valence-electron chi connectivity index (χ3n) is 4.05. The maximum atomic E-state index is 12.1. The van der Waals surface area contributed by atoms with E-state index in [1.54, 1.807) is 7.11 Å². The number of hydrogen-bond acceptors (Lipinski definition) is 3. The zero-order valence-corrected chi connectivity index (χ0v) is 16.1. The lowest BCUT2D eigenvalue weighted by molar-refractivity contribution is -0.121. The number of nitrogens with one attached hydrogen (secondary N) is 1. The number of methoxy groups -OCH3 is 1. The summed E-state index contributed by atoms with van der Waals surface area (Å²) in [5.74, 6) is 1.41. The summed E-state index contributed by atoms with van der Waals surface area (Å²) in [4.78, 5) is 12.1. The first-order chi connectivity index (χ1) is 12.6. The predicted molar refractivity (Wildman–Crippen MR) is 105 cm³/mol. The Hall–Kier alpha value is -2.20. The molecule has 0 heterocycles. The van der Waals surface area contributed by atoms with Gasteiger partial charge in [-0.2, -0.15) is 0 Å². The molecule has 26 heavy (non-hydrogen) atoms. The van der Waals surface area contributed by atoms with E-state index in [0.717, 1.165) is 29.7 Å². The Bertz CT molecular complexity index is 718. The standard InChI is InChI=1S/C21H26ClNO3/c1-3-4-13-26-19-11-9-16(14-20(19)25-2)15-23-21(24)12-10-17-7-5-6-8-18(17)22/h5-9,11,14H,3-4,10,12-13,15H2,1-2H3,(H,23,24). The van der Waals surface area contributed by atoms with Crippen molar-refractivity contribution in [1.29, 1.82) is 0 Å². The molecule has 0 spiro atoms. The molecule has 0 saturated carbocycles. The van der Waals surface area contributed by atoms with Crippen LogP contribution in [0.2, 0.25) is 5.02 Å². The van der Waals surface area contributed by atoms with E-state index in [2.05, 4.69) is 12.2 Å². The van der Waals surface area contributed by atoms with Gasteiger partial charge in [0, 0.05) is 18.0 Å². The molecule has 0 aliphatic carbocycles. The summed E-state index contributed by atoms with van der Waals surface area (Å²) in [5, 5.41) is 3.63. The predicted octanol–water partition coefficient (Wildman–Crippen LogP) is 4.78. The third-order valence-corrected chi connectivity index (χ3v) is 4.42. The molecule has 5 heteroatoms. The van der Waals surface area contributed by atoms with Crippen molar-refractivity contribution in [3.05, 3.63) is 58.6 Å². The Labute approximate surface area is 160 Å². The smallest absolute Gasteiger partial charge is 0.220 e. The zero-order chi connectivity index (χ0) is 18.8. The minimum absolute atomic E-state index is 0.00726. The molecule has 0 aliphatic rings. The number of halogens is 1. The number of unbranched alkanes of at least 4 members (excludes halogenated alkanes) is 1. The summed E-state index contributed by atoms with van der Waals surface area (Å²) >= 11 is 6.12. The molecule has 1 N–H and O–H groups in total. The fraction of sp³-hybridized carbons (Fsp3) is 0.381. The largest absolute Gasteiger partial charge is 0.493 e. The van der Waals surface area contributed by atoms with Crippen molar-refractivity contribution in [2.45, 2.75) is 39.2 Å². The second kappa shape index (κ2) is 10.7. The molecule has 0 unspecified atom stereocenters. The van der Waals surface area contributed by atoms with Gasteiger partial charge < -0.3 is 14.8 Å². The van der Waals surface area contributed by atoms with Crippen LogP contribution in [-0.4, -0.2) is 19.6 Å². The Morgan fingerprint density at radius 1 is 1.15 bits per heavy atom. The first kappa shape index (κ1) is 20.1. The van der Waals surface area contributed by atoms with Crippen molar-refractivity contribution < 1.29 is 14.3 Å². The van der Waals surface area contributed by atoms with Crippen molar-refractivity contribution >= 4 is 17.5 Å². The van der Waals surface area contributed by atoms with E-state index in [9.17, 15) is 4.79 Å². The Balaban J connectivity index is 1.84. The molecular formula is C21H26ClNO3. The van der Waals surface area contributed by atoms with Gasteiger partial charge in [0.05, 0.1) is 13.7 Å². The fourth-order valence-electron chi connectivity index (χ4n) is 2.51. The maximum Gasteiger partial charge on any atom is 0.220 e. The van der Waals surface area contributed by atoms with Gasteiger partial charge in [-0.3, -0.25) is 4.79 Å². The molecule has 140 valence electrons. The van der Waals surface area contributed by atoms with Crippen molar-refractivity contribution in [2.24, 2.45) is 0 Å². The van der Waals surface area contributed by atoms with E-state index >= 15 is 0 Å². The number of ether oxygens (including phenoxy) is 2. The van der Waals surface area contributed by atoms with Gasteiger partial charge in [-0.05, 0) is 42.2 Å². The van der Waals surface area contributed by atoms with Gasteiger partial charge >= 0.3 is 0 Å². The number of rotatable bonds is 10. The van der Waals surface area contributed by atoms with Crippen LogP contribution in [0.3, 0.4) is 0 Å². The minimum Gasteiger partial charge on any atom is -0.493 e. The van der Waals surface area contributed by atoms with E-state index in [1.165, 1.54) is 0 Å². The van der Waals surface area contributed by atoms with Crippen LogP contribution in [0.4, 0.5) is 0 Å². The number of amides is 1. The number of hydrogen-bond donors (Lipinski definition) is 1. The highest BCUT2D eigenvalue weighted by molar-refractivity contribution is 6.31. The van der Waals surface area contributed by atoms with E-state index in [1.807, 2.05) is 42.5 Å². The molecule has 0 radical (unpaired) electrons. The number of carbonyl (C=O) groups is 1. The van der Waals surface area contributed by atoms with E-state index in [-0.39, 0.29) is 5.91 Å². The van der Waals surface area contributed by atoms with Crippen LogP contribution >= 0.6 is 11.6 Å². The summed E-state index contributed by atoms with van der Waals surface area (Å²) in [6.45, 7) is 3.25. The van der Waals surface area contributed by atoms with Crippen LogP contribution in [-0.2, 0) is 17.8 Å². The molecule has 4 nitrogen and oxygen atoms in total. The van der Waals surface area contributed by atoms with Gasteiger partial charge in [-0.1, -0.05) is 49.2 Å². The van der Waals surface area contributed by atoms with Crippen LogP contribution in [0.15, 0.2) is 42.5 Å². The molecule has 0 bridgehead atoms. The Morgan fingerprint density at radius 2 is 1.96 bits per heavy atom. The molecule has 2 rings (SSSR count). The molecule has 0 aliphatic heterocycles. The normalized spacial score (nSPS) is 10.4. The lowest BCUT2D eigenvalue weighted by Gasteiger charge is -2.12.